The van der Waals surface area contributed by atoms with Crippen molar-refractivity contribution in [2.45, 2.75) is 83.7 Å². The maximum Gasteiger partial charge on any atom is 0.317 e. The molecule has 10 heteroatoms. The van der Waals surface area contributed by atoms with E-state index in [4.69, 9.17) is 4.74 Å². The van der Waals surface area contributed by atoms with E-state index in [1.807, 2.05) is 13.8 Å². The van der Waals surface area contributed by atoms with Crippen LogP contribution in [0.25, 0.3) is 0 Å². The van der Waals surface area contributed by atoms with Crippen molar-refractivity contribution in [3.8, 4) is 0 Å². The molecule has 2 aliphatic rings. The fraction of sp³-hybridized carbons (Fsp3) is 0.818. The molecule has 10 nitrogen and oxygen atoms in total. The molecule has 1 aromatic rings. The molecule has 0 aromatic carbocycles. The van der Waals surface area contributed by atoms with Crippen molar-refractivity contribution >= 4 is 11.9 Å². The summed E-state index contributed by atoms with van der Waals surface area (Å²) in [5.41, 5.74) is 0.855. The molecule has 0 radical (unpaired) electrons. The van der Waals surface area contributed by atoms with E-state index in [1.165, 1.54) is 0 Å². The van der Waals surface area contributed by atoms with Gasteiger partial charge in [-0.2, -0.15) is 0 Å². The van der Waals surface area contributed by atoms with Crippen molar-refractivity contribution in [3.05, 3.63) is 11.9 Å². The molecule has 1 aromatic heterocycles. The monoisotopic (exact) mass is 450 g/mol. The third-order valence-electron chi connectivity index (χ3n) is 6.62. The number of ether oxygens (including phenoxy) is 1. The summed E-state index contributed by atoms with van der Waals surface area (Å²) in [7, 11) is 1.78. The minimum Gasteiger partial charge on any atom is -0.394 e. The normalized spacial score (nSPS) is 24.4. The lowest BCUT2D eigenvalue weighted by Crippen LogP contribution is -2.49. The molecular weight excluding hydrogens is 412 g/mol. The number of aryl methyl sites for hydroxylation is 1. The van der Waals surface area contributed by atoms with Gasteiger partial charge in [0.1, 0.15) is 0 Å². The first-order valence-electron chi connectivity index (χ1n) is 11.8. The molecular formula is C22H38N6O4. The standard InChI is InChI=1S/C22H38N6O4/c1-16-12-27(17(2)14-29)21(30)9-6-10-28-19(11-23-25-28)15-32-20(16)13-26(3)22(31)24-18-7-4-5-8-18/h11,16-18,20,29H,4-10,12-15H2,1-3H3,(H,24,31)/t16-,17+,20+/m1/s1. The largest absolute Gasteiger partial charge is 0.394 e. The van der Waals surface area contributed by atoms with Crippen LogP contribution in [0.5, 0.6) is 0 Å². The number of aromatic nitrogens is 3. The van der Waals surface area contributed by atoms with Crippen LogP contribution in [0.1, 0.15) is 58.1 Å². The molecule has 3 atom stereocenters. The van der Waals surface area contributed by atoms with Crippen LogP contribution >= 0.6 is 0 Å². The summed E-state index contributed by atoms with van der Waals surface area (Å²) in [4.78, 5) is 29.0. The second-order valence-corrected chi connectivity index (χ2v) is 9.27. The van der Waals surface area contributed by atoms with Gasteiger partial charge in [-0.05, 0) is 26.2 Å². The van der Waals surface area contributed by atoms with Crippen LogP contribution in [-0.2, 0) is 22.7 Å². The quantitative estimate of drug-likeness (QED) is 0.701. The van der Waals surface area contributed by atoms with E-state index in [0.717, 1.165) is 31.4 Å². The van der Waals surface area contributed by atoms with Gasteiger partial charge in [0.2, 0.25) is 5.91 Å². The molecule has 0 spiro atoms. The molecule has 0 unspecified atom stereocenters. The van der Waals surface area contributed by atoms with E-state index in [0.29, 0.717) is 39.1 Å². The van der Waals surface area contributed by atoms with E-state index in [1.54, 1.807) is 27.7 Å². The Bertz CT molecular complexity index is 751. The predicted octanol–water partition coefficient (Wildman–Crippen LogP) is 1.39. The minimum atomic E-state index is -0.293. The molecule has 32 heavy (non-hydrogen) atoms. The van der Waals surface area contributed by atoms with Crippen molar-refractivity contribution in [3.63, 3.8) is 0 Å². The Morgan fingerprint density at radius 3 is 2.84 bits per heavy atom. The van der Waals surface area contributed by atoms with E-state index in [-0.39, 0.29) is 42.7 Å². The second-order valence-electron chi connectivity index (χ2n) is 9.27. The highest BCUT2D eigenvalue weighted by Gasteiger charge is 2.29. The third kappa shape index (κ3) is 6.41. The van der Waals surface area contributed by atoms with Gasteiger partial charge >= 0.3 is 6.03 Å². The smallest absolute Gasteiger partial charge is 0.317 e. The number of urea groups is 1. The Balaban J connectivity index is 1.73. The van der Waals surface area contributed by atoms with Gasteiger partial charge in [-0.25, -0.2) is 9.48 Å². The van der Waals surface area contributed by atoms with Crippen molar-refractivity contribution in [2.75, 3.05) is 26.7 Å². The number of rotatable bonds is 5. The van der Waals surface area contributed by atoms with Gasteiger partial charge < -0.3 is 25.0 Å². The average molecular weight is 451 g/mol. The maximum atomic E-state index is 12.9. The average Bonchev–Trinajstić information content (AvgIpc) is 3.45. The van der Waals surface area contributed by atoms with Gasteiger partial charge in [-0.3, -0.25) is 4.79 Å². The predicted molar refractivity (Wildman–Crippen MR) is 119 cm³/mol. The molecule has 2 heterocycles. The first-order chi connectivity index (χ1) is 15.4. The van der Waals surface area contributed by atoms with Gasteiger partial charge in [0.25, 0.3) is 0 Å². The number of carbonyl (C=O) groups is 2. The molecule has 1 saturated carbocycles. The van der Waals surface area contributed by atoms with E-state index in [9.17, 15) is 14.7 Å². The van der Waals surface area contributed by atoms with E-state index >= 15 is 0 Å². The SMILES string of the molecule is C[C@@H]1CN([C@@H](C)CO)C(=O)CCCn2nncc2CO[C@H]1CN(C)C(=O)NC1CCCC1. The Morgan fingerprint density at radius 2 is 2.12 bits per heavy atom. The molecule has 0 bridgehead atoms. The highest BCUT2D eigenvalue weighted by molar-refractivity contribution is 5.76. The van der Waals surface area contributed by atoms with E-state index in [2.05, 4.69) is 15.6 Å². The van der Waals surface area contributed by atoms with Gasteiger partial charge in [-0.1, -0.05) is 25.0 Å². The summed E-state index contributed by atoms with van der Waals surface area (Å²) in [6, 6.07) is -0.125. The summed E-state index contributed by atoms with van der Waals surface area (Å²) in [5.74, 6) is -0.0369. The zero-order valence-corrected chi connectivity index (χ0v) is 19.6. The minimum absolute atomic E-state index is 0.00622. The Hall–Kier alpha value is -2.20. The number of hydrogen-bond donors (Lipinski definition) is 2. The number of nitrogens with zero attached hydrogens (tertiary/aromatic N) is 5. The molecule has 180 valence electrons. The van der Waals surface area contributed by atoms with Crippen LogP contribution in [0.15, 0.2) is 6.20 Å². The number of aliphatic hydroxyl groups excluding tert-OH is 1. The lowest BCUT2D eigenvalue weighted by molar-refractivity contribution is -0.136. The molecule has 1 fully saturated rings. The number of carbonyl (C=O) groups excluding carboxylic acids is 2. The number of fused-ring (bicyclic) bond motifs is 1. The number of amides is 3. The molecule has 3 amide bonds. The molecule has 2 N–H and O–H groups in total. The summed E-state index contributed by atoms with van der Waals surface area (Å²) in [6.45, 7) is 5.56. The van der Waals surface area contributed by atoms with Gasteiger partial charge in [0.15, 0.2) is 0 Å². The van der Waals surface area contributed by atoms with Gasteiger partial charge in [0.05, 0.1) is 37.3 Å². The van der Waals surface area contributed by atoms with Crippen LogP contribution in [0.4, 0.5) is 4.79 Å². The van der Waals surface area contributed by atoms with E-state index < -0.39 is 0 Å². The maximum absolute atomic E-state index is 12.9. The third-order valence-corrected chi connectivity index (χ3v) is 6.62. The fourth-order valence-corrected chi connectivity index (χ4v) is 4.45. The van der Waals surface area contributed by atoms with Crippen molar-refractivity contribution in [1.82, 2.24) is 30.1 Å². The lowest BCUT2D eigenvalue weighted by Gasteiger charge is -2.35. The Morgan fingerprint density at radius 1 is 1.38 bits per heavy atom. The lowest BCUT2D eigenvalue weighted by atomic mass is 10.0. The van der Waals surface area contributed by atoms with Gasteiger partial charge in [0, 0.05) is 45.1 Å². The fourth-order valence-electron chi connectivity index (χ4n) is 4.45. The van der Waals surface area contributed by atoms with Crippen LogP contribution < -0.4 is 5.32 Å². The first-order valence-corrected chi connectivity index (χ1v) is 11.8. The second kappa shape index (κ2) is 11.6. The van der Waals surface area contributed by atoms with Crippen LogP contribution in [0, 0.1) is 5.92 Å². The number of hydrogen-bond acceptors (Lipinski definition) is 6. The number of aliphatic hydroxyl groups is 1. The molecule has 0 saturated heterocycles. The van der Waals surface area contributed by atoms with Crippen LogP contribution in [-0.4, -0.2) is 86.8 Å². The Labute approximate surface area is 190 Å². The highest BCUT2D eigenvalue weighted by atomic mass is 16.5. The first kappa shape index (κ1) is 24.4. The summed E-state index contributed by atoms with van der Waals surface area (Å²) >= 11 is 0. The molecule has 1 aliphatic heterocycles. The summed E-state index contributed by atoms with van der Waals surface area (Å²) in [6.07, 6.45) is 6.80. The summed E-state index contributed by atoms with van der Waals surface area (Å²) in [5, 5.41) is 20.9. The Kier molecular flexibility index (Phi) is 8.86. The highest BCUT2D eigenvalue weighted by Crippen LogP contribution is 2.20. The summed E-state index contributed by atoms with van der Waals surface area (Å²) < 4.78 is 8.05. The van der Waals surface area contributed by atoms with Gasteiger partial charge in [-0.15, -0.1) is 5.10 Å². The number of nitrogens with one attached hydrogen (secondary N) is 1. The topological polar surface area (TPSA) is 113 Å². The van der Waals surface area contributed by atoms with Crippen molar-refractivity contribution in [1.29, 1.82) is 0 Å². The van der Waals surface area contributed by atoms with Crippen molar-refractivity contribution in [2.24, 2.45) is 5.92 Å². The molecule has 1 aliphatic carbocycles. The van der Waals surface area contributed by atoms with Crippen LogP contribution in [0.3, 0.4) is 0 Å². The zero-order valence-electron chi connectivity index (χ0n) is 19.6. The van der Waals surface area contributed by atoms with Crippen molar-refractivity contribution < 1.29 is 19.4 Å². The van der Waals surface area contributed by atoms with Crippen LogP contribution in [0.2, 0.25) is 0 Å². The number of likely N-dealkylation sites (N-methyl/N-ethyl adjacent to an activating group) is 1. The molecule has 3 rings (SSSR count). The zero-order chi connectivity index (χ0) is 23.1.